The number of benzene rings is 2. The summed E-state index contributed by atoms with van der Waals surface area (Å²) in [6.07, 6.45) is -0.353. The SMILES string of the molecule is Cc1ccc(CN2C(=O)OC[C@H]2CO)c2ccccc12. The van der Waals surface area contributed by atoms with Gasteiger partial charge in [0.05, 0.1) is 19.2 Å². The molecule has 3 rings (SSSR count). The van der Waals surface area contributed by atoms with Crippen molar-refractivity contribution in [2.75, 3.05) is 13.2 Å². The number of nitrogens with zero attached hydrogens (tertiary/aromatic N) is 1. The Labute approximate surface area is 117 Å². The number of cyclic esters (lactones) is 1. The van der Waals surface area contributed by atoms with Crippen molar-refractivity contribution < 1.29 is 14.6 Å². The first-order chi connectivity index (χ1) is 9.70. The number of rotatable bonds is 3. The minimum absolute atomic E-state index is 0.0739. The number of carbonyl (C=O) groups is 1. The van der Waals surface area contributed by atoms with E-state index < -0.39 is 0 Å². The van der Waals surface area contributed by atoms with E-state index in [9.17, 15) is 9.90 Å². The summed E-state index contributed by atoms with van der Waals surface area (Å²) in [6.45, 7) is 2.73. The normalized spacial score (nSPS) is 18.6. The van der Waals surface area contributed by atoms with E-state index in [-0.39, 0.29) is 25.3 Å². The maximum absolute atomic E-state index is 11.7. The lowest BCUT2D eigenvalue weighted by Crippen LogP contribution is -2.35. The van der Waals surface area contributed by atoms with Crippen LogP contribution in [0.5, 0.6) is 0 Å². The molecule has 1 aliphatic rings. The van der Waals surface area contributed by atoms with Crippen molar-refractivity contribution in [3.8, 4) is 0 Å². The predicted molar refractivity (Wildman–Crippen MR) is 76.4 cm³/mol. The third-order valence-electron chi connectivity index (χ3n) is 3.86. The lowest BCUT2D eigenvalue weighted by Gasteiger charge is -2.20. The molecule has 2 aromatic rings. The van der Waals surface area contributed by atoms with Crippen molar-refractivity contribution in [2.24, 2.45) is 0 Å². The second-order valence-corrected chi connectivity index (χ2v) is 5.13. The Morgan fingerprint density at radius 2 is 2.00 bits per heavy atom. The molecule has 1 fully saturated rings. The highest BCUT2D eigenvalue weighted by Crippen LogP contribution is 2.25. The van der Waals surface area contributed by atoms with Crippen LogP contribution in [0.15, 0.2) is 36.4 Å². The molecule has 104 valence electrons. The number of aryl methyl sites for hydroxylation is 1. The number of fused-ring (bicyclic) bond motifs is 1. The zero-order valence-electron chi connectivity index (χ0n) is 11.4. The van der Waals surface area contributed by atoms with Gasteiger partial charge >= 0.3 is 6.09 Å². The minimum atomic E-state index is -0.353. The number of hydrogen-bond acceptors (Lipinski definition) is 3. The Morgan fingerprint density at radius 3 is 2.75 bits per heavy atom. The predicted octanol–water partition coefficient (Wildman–Crippen LogP) is 2.46. The summed E-state index contributed by atoms with van der Waals surface area (Å²) in [5, 5.41) is 11.7. The summed E-state index contributed by atoms with van der Waals surface area (Å²) >= 11 is 0. The van der Waals surface area contributed by atoms with Crippen LogP contribution in [-0.2, 0) is 11.3 Å². The third-order valence-corrected chi connectivity index (χ3v) is 3.86. The summed E-state index contributed by atoms with van der Waals surface area (Å²) in [4.78, 5) is 13.3. The van der Waals surface area contributed by atoms with E-state index in [4.69, 9.17) is 4.74 Å². The number of aliphatic hydroxyl groups excluding tert-OH is 1. The number of carbonyl (C=O) groups excluding carboxylic acids is 1. The molecule has 1 amide bonds. The van der Waals surface area contributed by atoms with Gasteiger partial charge in [0.2, 0.25) is 0 Å². The Kier molecular flexibility index (Phi) is 3.32. The van der Waals surface area contributed by atoms with Crippen LogP contribution in [0.2, 0.25) is 0 Å². The van der Waals surface area contributed by atoms with Crippen molar-refractivity contribution in [1.29, 1.82) is 0 Å². The monoisotopic (exact) mass is 271 g/mol. The number of amides is 1. The second-order valence-electron chi connectivity index (χ2n) is 5.13. The smallest absolute Gasteiger partial charge is 0.410 e. The first kappa shape index (κ1) is 12.9. The maximum Gasteiger partial charge on any atom is 0.410 e. The first-order valence-electron chi connectivity index (χ1n) is 6.72. The molecule has 1 heterocycles. The lowest BCUT2D eigenvalue weighted by molar-refractivity contribution is 0.151. The van der Waals surface area contributed by atoms with E-state index >= 15 is 0 Å². The largest absolute Gasteiger partial charge is 0.447 e. The summed E-state index contributed by atoms with van der Waals surface area (Å²) in [5.74, 6) is 0. The third kappa shape index (κ3) is 2.12. The molecule has 0 radical (unpaired) electrons. The van der Waals surface area contributed by atoms with Crippen LogP contribution in [0.3, 0.4) is 0 Å². The average Bonchev–Trinajstić information content (AvgIpc) is 2.83. The molecule has 4 nitrogen and oxygen atoms in total. The molecule has 1 atom stereocenters. The number of hydrogen-bond donors (Lipinski definition) is 1. The molecule has 1 saturated heterocycles. The summed E-state index contributed by atoms with van der Waals surface area (Å²) in [5.41, 5.74) is 2.29. The van der Waals surface area contributed by atoms with Gasteiger partial charge < -0.3 is 9.84 Å². The Morgan fingerprint density at radius 1 is 1.25 bits per heavy atom. The average molecular weight is 271 g/mol. The second kappa shape index (κ2) is 5.13. The highest BCUT2D eigenvalue weighted by atomic mass is 16.6. The summed E-state index contributed by atoms with van der Waals surface area (Å²) < 4.78 is 5.00. The van der Waals surface area contributed by atoms with E-state index in [0.717, 1.165) is 10.9 Å². The molecule has 1 aliphatic heterocycles. The van der Waals surface area contributed by atoms with Gasteiger partial charge in [0.15, 0.2) is 0 Å². The van der Waals surface area contributed by atoms with Crippen LogP contribution in [0.25, 0.3) is 10.8 Å². The molecule has 0 aliphatic carbocycles. The Bertz CT molecular complexity index is 653. The van der Waals surface area contributed by atoms with Crippen LogP contribution in [0, 0.1) is 6.92 Å². The van der Waals surface area contributed by atoms with Crippen LogP contribution in [0.1, 0.15) is 11.1 Å². The van der Waals surface area contributed by atoms with E-state index in [1.165, 1.54) is 10.9 Å². The fraction of sp³-hybridized carbons (Fsp3) is 0.312. The maximum atomic E-state index is 11.7. The minimum Gasteiger partial charge on any atom is -0.447 e. The number of aliphatic hydroxyl groups is 1. The topological polar surface area (TPSA) is 49.8 Å². The molecular formula is C16H17NO3. The Hall–Kier alpha value is -2.07. The van der Waals surface area contributed by atoms with E-state index in [0.29, 0.717) is 6.54 Å². The molecule has 0 spiro atoms. The van der Waals surface area contributed by atoms with Crippen LogP contribution in [0.4, 0.5) is 4.79 Å². The molecule has 0 unspecified atom stereocenters. The molecular weight excluding hydrogens is 254 g/mol. The van der Waals surface area contributed by atoms with Gasteiger partial charge in [0.1, 0.15) is 6.61 Å². The fourth-order valence-electron chi connectivity index (χ4n) is 2.67. The zero-order chi connectivity index (χ0) is 14.1. The summed E-state index contributed by atoms with van der Waals surface area (Å²) in [7, 11) is 0. The summed E-state index contributed by atoms with van der Waals surface area (Å²) in [6, 6.07) is 12.0. The van der Waals surface area contributed by atoms with Gasteiger partial charge in [-0.1, -0.05) is 36.4 Å². The van der Waals surface area contributed by atoms with E-state index in [2.05, 4.69) is 25.1 Å². The highest BCUT2D eigenvalue weighted by Gasteiger charge is 2.32. The first-order valence-corrected chi connectivity index (χ1v) is 6.72. The molecule has 0 bridgehead atoms. The Balaban J connectivity index is 1.99. The van der Waals surface area contributed by atoms with Crippen molar-refractivity contribution >= 4 is 16.9 Å². The molecule has 0 saturated carbocycles. The lowest BCUT2D eigenvalue weighted by atomic mass is 10.00. The molecule has 4 heteroatoms. The van der Waals surface area contributed by atoms with Crippen molar-refractivity contribution in [3.63, 3.8) is 0 Å². The van der Waals surface area contributed by atoms with Gasteiger partial charge in [-0.3, -0.25) is 4.90 Å². The van der Waals surface area contributed by atoms with Crippen molar-refractivity contribution in [2.45, 2.75) is 19.5 Å². The molecule has 0 aromatic heterocycles. The van der Waals surface area contributed by atoms with Gasteiger partial charge in [0.25, 0.3) is 0 Å². The molecule has 2 aromatic carbocycles. The molecule has 20 heavy (non-hydrogen) atoms. The van der Waals surface area contributed by atoms with Gasteiger partial charge in [-0.15, -0.1) is 0 Å². The zero-order valence-corrected chi connectivity index (χ0v) is 11.4. The van der Waals surface area contributed by atoms with Gasteiger partial charge in [-0.05, 0) is 28.8 Å². The fourth-order valence-corrected chi connectivity index (χ4v) is 2.67. The van der Waals surface area contributed by atoms with Crippen LogP contribution < -0.4 is 0 Å². The van der Waals surface area contributed by atoms with Gasteiger partial charge in [0, 0.05) is 0 Å². The van der Waals surface area contributed by atoms with Crippen LogP contribution >= 0.6 is 0 Å². The quantitative estimate of drug-likeness (QED) is 0.933. The van der Waals surface area contributed by atoms with Crippen molar-refractivity contribution in [1.82, 2.24) is 4.90 Å². The number of ether oxygens (including phenoxy) is 1. The van der Waals surface area contributed by atoms with Crippen molar-refractivity contribution in [3.05, 3.63) is 47.5 Å². The van der Waals surface area contributed by atoms with Gasteiger partial charge in [-0.2, -0.15) is 0 Å². The standard InChI is InChI=1S/C16H17NO3/c1-11-6-7-12(15-5-3-2-4-14(11)15)8-17-13(9-18)10-20-16(17)19/h2-7,13,18H,8-10H2,1H3/t13-/m1/s1. The van der Waals surface area contributed by atoms with Crippen LogP contribution in [-0.4, -0.2) is 35.4 Å². The van der Waals surface area contributed by atoms with Gasteiger partial charge in [-0.25, -0.2) is 4.79 Å². The highest BCUT2D eigenvalue weighted by molar-refractivity contribution is 5.88. The molecule has 1 N–H and O–H groups in total. The van der Waals surface area contributed by atoms with E-state index in [1.807, 2.05) is 18.2 Å². The van der Waals surface area contributed by atoms with E-state index in [1.54, 1.807) is 4.90 Å².